The Morgan fingerprint density at radius 3 is 2.50 bits per heavy atom. The third-order valence-corrected chi connectivity index (χ3v) is 4.69. The van der Waals surface area contributed by atoms with Gasteiger partial charge in [0.2, 0.25) is 5.89 Å². The van der Waals surface area contributed by atoms with Gasteiger partial charge in [-0.15, -0.1) is 0 Å². The van der Waals surface area contributed by atoms with E-state index < -0.39 is 0 Å². The van der Waals surface area contributed by atoms with E-state index in [0.717, 1.165) is 30.5 Å². The molecule has 136 valence electrons. The predicted molar refractivity (Wildman–Crippen MR) is 98.3 cm³/mol. The number of nitrogens with zero attached hydrogens (tertiary/aromatic N) is 3. The Labute approximate surface area is 146 Å². The van der Waals surface area contributed by atoms with Crippen LogP contribution in [0, 0.1) is 13.8 Å². The van der Waals surface area contributed by atoms with Crippen molar-refractivity contribution in [3.8, 4) is 0 Å². The first-order valence-electron chi connectivity index (χ1n) is 9.12. The minimum atomic E-state index is 0.118. The summed E-state index contributed by atoms with van der Waals surface area (Å²) in [6.45, 7) is 15.1. The molecule has 0 atom stereocenters. The molecule has 0 bridgehead atoms. The van der Waals surface area contributed by atoms with Gasteiger partial charge in [-0.25, -0.2) is 9.98 Å². The first-order chi connectivity index (χ1) is 11.4. The lowest BCUT2D eigenvalue weighted by Crippen LogP contribution is -2.54. The average molecular weight is 335 g/mol. The van der Waals surface area contributed by atoms with E-state index in [4.69, 9.17) is 4.42 Å². The van der Waals surface area contributed by atoms with Crippen molar-refractivity contribution in [2.45, 2.75) is 66.0 Å². The fraction of sp³-hybridized carbons (Fsp3) is 0.778. The van der Waals surface area contributed by atoms with Gasteiger partial charge < -0.3 is 15.1 Å². The van der Waals surface area contributed by atoms with Crippen LogP contribution in [0.25, 0.3) is 0 Å². The Kier molecular flexibility index (Phi) is 6.66. The van der Waals surface area contributed by atoms with Gasteiger partial charge >= 0.3 is 0 Å². The van der Waals surface area contributed by atoms with Crippen molar-refractivity contribution in [3.63, 3.8) is 0 Å². The highest BCUT2D eigenvalue weighted by molar-refractivity contribution is 5.79. The Hall–Kier alpha value is -1.56. The summed E-state index contributed by atoms with van der Waals surface area (Å²) in [6.07, 6.45) is 3.97. The largest absolute Gasteiger partial charge is 0.444 e. The number of aliphatic imine (C=N–C) groups is 1. The number of hydrogen-bond acceptors (Lipinski definition) is 4. The number of nitrogens with one attached hydrogen (secondary N) is 2. The molecule has 24 heavy (non-hydrogen) atoms. The summed E-state index contributed by atoms with van der Waals surface area (Å²) in [5.74, 6) is 2.35. The number of likely N-dealkylation sites (tertiary alicyclic amines) is 1. The van der Waals surface area contributed by atoms with Crippen molar-refractivity contribution < 1.29 is 4.42 Å². The van der Waals surface area contributed by atoms with E-state index in [0.29, 0.717) is 12.4 Å². The molecule has 0 spiro atoms. The number of oxazole rings is 1. The highest BCUT2D eigenvalue weighted by Crippen LogP contribution is 2.19. The molecular weight excluding hydrogens is 302 g/mol. The number of aromatic nitrogens is 1. The van der Waals surface area contributed by atoms with E-state index in [9.17, 15) is 0 Å². The summed E-state index contributed by atoms with van der Waals surface area (Å²) in [5.41, 5.74) is 1.05. The van der Waals surface area contributed by atoms with Crippen molar-refractivity contribution in [2.24, 2.45) is 4.99 Å². The first-order valence-corrected chi connectivity index (χ1v) is 9.12. The molecule has 1 aromatic rings. The third kappa shape index (κ3) is 5.23. The molecule has 1 aliphatic rings. The van der Waals surface area contributed by atoms with Gasteiger partial charge in [0.1, 0.15) is 12.3 Å². The van der Waals surface area contributed by atoms with Crippen LogP contribution in [0.15, 0.2) is 9.41 Å². The van der Waals surface area contributed by atoms with Crippen LogP contribution in [0.4, 0.5) is 0 Å². The van der Waals surface area contributed by atoms with Crippen LogP contribution in [0.5, 0.6) is 0 Å². The van der Waals surface area contributed by atoms with Crippen molar-refractivity contribution in [2.75, 3.05) is 26.2 Å². The van der Waals surface area contributed by atoms with Crippen LogP contribution in [0.1, 0.15) is 57.4 Å². The van der Waals surface area contributed by atoms with E-state index in [2.05, 4.69) is 46.3 Å². The van der Waals surface area contributed by atoms with E-state index in [1.54, 1.807) is 0 Å². The zero-order valence-electron chi connectivity index (χ0n) is 15.9. The fourth-order valence-corrected chi connectivity index (χ4v) is 3.01. The van der Waals surface area contributed by atoms with Gasteiger partial charge in [-0.2, -0.15) is 0 Å². The molecule has 0 aromatic carbocycles. The normalized spacial score (nSPS) is 17.1. The van der Waals surface area contributed by atoms with Gasteiger partial charge in [0.15, 0.2) is 5.96 Å². The van der Waals surface area contributed by atoms with Crippen LogP contribution < -0.4 is 10.6 Å². The van der Waals surface area contributed by atoms with E-state index in [-0.39, 0.29) is 5.54 Å². The highest BCUT2D eigenvalue weighted by Gasteiger charge is 2.27. The second kappa shape index (κ2) is 8.51. The summed E-state index contributed by atoms with van der Waals surface area (Å²) in [4.78, 5) is 11.6. The fourth-order valence-electron chi connectivity index (χ4n) is 3.01. The molecule has 0 radical (unpaired) electrons. The van der Waals surface area contributed by atoms with Gasteiger partial charge in [-0.1, -0.05) is 6.42 Å². The van der Waals surface area contributed by atoms with Crippen LogP contribution >= 0.6 is 0 Å². The number of rotatable bonds is 6. The SMILES string of the molecule is CCNC(=NCc1nc(C)c(C)o1)NCC(C)(C)N1CCCCC1. The maximum Gasteiger partial charge on any atom is 0.216 e. The monoisotopic (exact) mass is 335 g/mol. The van der Waals surface area contributed by atoms with Crippen LogP contribution in [0.3, 0.4) is 0 Å². The van der Waals surface area contributed by atoms with Crippen LogP contribution in [-0.4, -0.2) is 47.6 Å². The average Bonchev–Trinajstić information content (AvgIpc) is 2.89. The Bertz CT molecular complexity index is 524. The summed E-state index contributed by atoms with van der Waals surface area (Å²) < 4.78 is 5.60. The van der Waals surface area contributed by atoms with Gasteiger partial charge in [0.05, 0.1) is 5.69 Å². The zero-order chi connectivity index (χ0) is 17.6. The zero-order valence-corrected chi connectivity index (χ0v) is 15.9. The van der Waals surface area contributed by atoms with E-state index in [1.807, 2.05) is 13.8 Å². The van der Waals surface area contributed by atoms with Gasteiger partial charge in [-0.05, 0) is 60.5 Å². The van der Waals surface area contributed by atoms with Gasteiger partial charge in [-0.3, -0.25) is 4.90 Å². The van der Waals surface area contributed by atoms with Crippen LogP contribution in [-0.2, 0) is 6.54 Å². The molecule has 0 aliphatic carbocycles. The number of aryl methyl sites for hydroxylation is 2. The van der Waals surface area contributed by atoms with Crippen molar-refractivity contribution >= 4 is 5.96 Å². The number of guanidine groups is 1. The topological polar surface area (TPSA) is 65.7 Å². The lowest BCUT2D eigenvalue weighted by molar-refractivity contribution is 0.0982. The van der Waals surface area contributed by atoms with Crippen LogP contribution in [0.2, 0.25) is 0 Å². The maximum atomic E-state index is 5.60. The van der Waals surface area contributed by atoms with Crippen molar-refractivity contribution in [1.82, 2.24) is 20.5 Å². The molecule has 2 N–H and O–H groups in total. The molecule has 6 heteroatoms. The molecule has 1 saturated heterocycles. The van der Waals surface area contributed by atoms with Crippen molar-refractivity contribution in [1.29, 1.82) is 0 Å². The molecule has 1 aliphatic heterocycles. The molecule has 0 unspecified atom stereocenters. The molecule has 0 amide bonds. The number of piperidine rings is 1. The number of hydrogen-bond donors (Lipinski definition) is 2. The smallest absolute Gasteiger partial charge is 0.216 e. The third-order valence-electron chi connectivity index (χ3n) is 4.69. The quantitative estimate of drug-likeness (QED) is 0.618. The standard InChI is InChI=1S/C18H33N5O/c1-6-19-17(20-12-16-22-14(2)15(3)24-16)21-13-18(4,5)23-10-8-7-9-11-23/h6-13H2,1-5H3,(H2,19,20,21). The Morgan fingerprint density at radius 1 is 1.21 bits per heavy atom. The summed E-state index contributed by atoms with van der Waals surface area (Å²) >= 11 is 0. The minimum absolute atomic E-state index is 0.118. The summed E-state index contributed by atoms with van der Waals surface area (Å²) in [6, 6.07) is 0. The summed E-state index contributed by atoms with van der Waals surface area (Å²) in [5, 5.41) is 6.78. The molecule has 1 fully saturated rings. The lowest BCUT2D eigenvalue weighted by Gasteiger charge is -2.41. The minimum Gasteiger partial charge on any atom is -0.444 e. The molecule has 0 saturated carbocycles. The maximum absolute atomic E-state index is 5.60. The molecule has 2 rings (SSSR count). The second-order valence-corrected chi connectivity index (χ2v) is 7.16. The molecular formula is C18H33N5O. The molecule has 6 nitrogen and oxygen atoms in total. The highest BCUT2D eigenvalue weighted by atomic mass is 16.4. The van der Waals surface area contributed by atoms with E-state index >= 15 is 0 Å². The van der Waals surface area contributed by atoms with Crippen molar-refractivity contribution in [3.05, 3.63) is 17.3 Å². The first kappa shape index (κ1) is 18.8. The Morgan fingerprint density at radius 2 is 1.92 bits per heavy atom. The van der Waals surface area contributed by atoms with Gasteiger partial charge in [0.25, 0.3) is 0 Å². The van der Waals surface area contributed by atoms with E-state index in [1.165, 1.54) is 32.4 Å². The lowest BCUT2D eigenvalue weighted by atomic mass is 9.98. The second-order valence-electron chi connectivity index (χ2n) is 7.16. The predicted octanol–water partition coefficient (Wildman–Crippen LogP) is 2.61. The molecule has 1 aromatic heterocycles. The van der Waals surface area contributed by atoms with Gasteiger partial charge in [0, 0.05) is 18.6 Å². The summed E-state index contributed by atoms with van der Waals surface area (Å²) in [7, 11) is 0. The Balaban J connectivity index is 1.93. The molecule has 2 heterocycles.